The van der Waals surface area contributed by atoms with Crippen LogP contribution < -0.4 is 10.0 Å². The predicted octanol–water partition coefficient (Wildman–Crippen LogP) is 1.55. The zero-order chi connectivity index (χ0) is 19.3. The Morgan fingerprint density at radius 2 is 2.08 bits per heavy atom. The molecular weight excluding hydrogens is 364 g/mol. The Balaban J connectivity index is 1.93. The van der Waals surface area contributed by atoms with Crippen LogP contribution in [0.5, 0.6) is 0 Å². The second-order valence-electron chi connectivity index (χ2n) is 6.70. The Labute approximate surface area is 153 Å². The molecule has 1 aromatic rings. The van der Waals surface area contributed by atoms with Gasteiger partial charge in [0, 0.05) is 24.2 Å². The van der Waals surface area contributed by atoms with E-state index in [2.05, 4.69) is 10.0 Å². The van der Waals surface area contributed by atoms with E-state index < -0.39 is 27.7 Å². The summed E-state index contributed by atoms with van der Waals surface area (Å²) < 4.78 is 51.9. The predicted molar refractivity (Wildman–Crippen MR) is 95.0 cm³/mol. The van der Waals surface area contributed by atoms with Crippen LogP contribution in [0.25, 0.3) is 0 Å². The lowest BCUT2D eigenvalue weighted by molar-refractivity contribution is -0.123. The number of nitrogens with zero attached hydrogens (tertiary/aromatic N) is 1. The summed E-state index contributed by atoms with van der Waals surface area (Å²) in [6, 6.07) is 2.60. The highest BCUT2D eigenvalue weighted by Crippen LogP contribution is 2.19. The molecule has 1 aromatic carbocycles. The van der Waals surface area contributed by atoms with Crippen molar-refractivity contribution in [2.45, 2.75) is 38.3 Å². The fourth-order valence-electron chi connectivity index (χ4n) is 3.15. The lowest BCUT2D eigenvalue weighted by Gasteiger charge is -2.35. The van der Waals surface area contributed by atoms with E-state index in [1.165, 1.54) is 6.07 Å². The molecule has 1 aliphatic heterocycles. The van der Waals surface area contributed by atoms with Gasteiger partial charge >= 0.3 is 0 Å². The molecule has 1 aliphatic rings. The quantitative estimate of drug-likeness (QED) is 0.742. The topological polar surface area (TPSA) is 78.5 Å². The summed E-state index contributed by atoms with van der Waals surface area (Å²) in [5.41, 5.74) is 0.216. The third-order valence-electron chi connectivity index (χ3n) is 4.48. The number of hydrogen-bond donors (Lipinski definition) is 2. The second-order valence-corrected chi connectivity index (χ2v) is 8.53. The largest absolute Gasteiger partial charge is 0.348 e. The number of benzene rings is 1. The van der Waals surface area contributed by atoms with Gasteiger partial charge in [-0.05, 0) is 32.4 Å². The van der Waals surface area contributed by atoms with E-state index in [-0.39, 0.29) is 30.6 Å². The van der Waals surface area contributed by atoms with Crippen molar-refractivity contribution in [3.05, 3.63) is 35.4 Å². The first-order valence-electron chi connectivity index (χ1n) is 8.58. The van der Waals surface area contributed by atoms with Crippen LogP contribution in [0, 0.1) is 11.6 Å². The average molecular weight is 389 g/mol. The van der Waals surface area contributed by atoms with Crippen LogP contribution in [-0.2, 0) is 14.8 Å². The van der Waals surface area contributed by atoms with Gasteiger partial charge in [0.25, 0.3) is 0 Å². The molecule has 1 saturated heterocycles. The summed E-state index contributed by atoms with van der Waals surface area (Å²) in [5, 5.41) is 2.71. The van der Waals surface area contributed by atoms with Gasteiger partial charge in [-0.1, -0.05) is 12.5 Å². The van der Waals surface area contributed by atoms with Crippen LogP contribution in [0.1, 0.15) is 37.8 Å². The van der Waals surface area contributed by atoms with Crippen molar-refractivity contribution < 1.29 is 22.0 Å². The van der Waals surface area contributed by atoms with Crippen LogP contribution in [0.15, 0.2) is 18.2 Å². The SMILES string of the molecule is C[C@H](NC(=O)CN1CCCC[C@H]1CNS(C)(=O)=O)c1ccc(F)cc1F. The fourth-order valence-corrected chi connectivity index (χ4v) is 3.64. The molecule has 0 aromatic heterocycles. The zero-order valence-corrected chi connectivity index (χ0v) is 15.8. The number of nitrogens with one attached hydrogen (secondary N) is 2. The number of carbonyl (C=O) groups excluding carboxylic acids is 1. The summed E-state index contributed by atoms with van der Waals surface area (Å²) in [7, 11) is -3.29. The molecule has 1 heterocycles. The van der Waals surface area contributed by atoms with Crippen molar-refractivity contribution in [3.8, 4) is 0 Å². The summed E-state index contributed by atoms with van der Waals surface area (Å²) >= 11 is 0. The number of likely N-dealkylation sites (tertiary alicyclic amines) is 1. The molecule has 6 nitrogen and oxygen atoms in total. The summed E-state index contributed by atoms with van der Waals surface area (Å²) in [6.07, 6.45) is 3.82. The molecule has 0 radical (unpaired) electrons. The maximum absolute atomic E-state index is 13.8. The first kappa shape index (κ1) is 20.7. The van der Waals surface area contributed by atoms with Gasteiger partial charge in [0.15, 0.2) is 0 Å². The van der Waals surface area contributed by atoms with E-state index in [1.807, 2.05) is 4.90 Å². The van der Waals surface area contributed by atoms with Crippen molar-refractivity contribution in [2.24, 2.45) is 0 Å². The van der Waals surface area contributed by atoms with E-state index in [0.717, 1.165) is 37.7 Å². The minimum Gasteiger partial charge on any atom is -0.348 e. The Morgan fingerprint density at radius 1 is 1.35 bits per heavy atom. The number of halogens is 2. The van der Waals surface area contributed by atoms with Crippen molar-refractivity contribution in [1.82, 2.24) is 14.9 Å². The van der Waals surface area contributed by atoms with E-state index in [4.69, 9.17) is 0 Å². The van der Waals surface area contributed by atoms with E-state index in [1.54, 1.807) is 6.92 Å². The minimum absolute atomic E-state index is 0.0536. The Kier molecular flexibility index (Phi) is 7.08. The first-order valence-corrected chi connectivity index (χ1v) is 10.5. The molecule has 1 amide bonds. The molecule has 9 heteroatoms. The van der Waals surface area contributed by atoms with Crippen LogP contribution in [0.4, 0.5) is 8.78 Å². The molecular formula is C17H25F2N3O3S. The number of sulfonamides is 1. The first-order chi connectivity index (χ1) is 12.2. The number of amides is 1. The Morgan fingerprint density at radius 3 is 2.73 bits per heavy atom. The van der Waals surface area contributed by atoms with Gasteiger partial charge in [-0.2, -0.15) is 0 Å². The van der Waals surface area contributed by atoms with E-state index in [0.29, 0.717) is 6.54 Å². The van der Waals surface area contributed by atoms with Gasteiger partial charge in [-0.15, -0.1) is 0 Å². The van der Waals surface area contributed by atoms with Crippen LogP contribution in [0.2, 0.25) is 0 Å². The minimum atomic E-state index is -3.29. The smallest absolute Gasteiger partial charge is 0.234 e. The van der Waals surface area contributed by atoms with Gasteiger partial charge in [0.2, 0.25) is 15.9 Å². The maximum Gasteiger partial charge on any atom is 0.234 e. The molecule has 2 atom stereocenters. The van der Waals surface area contributed by atoms with Crippen LogP contribution >= 0.6 is 0 Å². The summed E-state index contributed by atoms with van der Waals surface area (Å²) in [5.74, 6) is -1.65. The van der Waals surface area contributed by atoms with Gasteiger partial charge < -0.3 is 5.32 Å². The molecule has 0 aliphatic carbocycles. The third kappa shape index (κ3) is 6.30. The molecule has 2 N–H and O–H groups in total. The molecule has 0 saturated carbocycles. The highest BCUT2D eigenvalue weighted by atomic mass is 32.2. The van der Waals surface area contributed by atoms with Crippen molar-refractivity contribution in [2.75, 3.05) is 25.9 Å². The third-order valence-corrected chi connectivity index (χ3v) is 5.17. The normalized spacial score (nSPS) is 19.9. The monoisotopic (exact) mass is 389 g/mol. The van der Waals surface area contributed by atoms with E-state index in [9.17, 15) is 22.0 Å². The molecule has 1 fully saturated rings. The zero-order valence-electron chi connectivity index (χ0n) is 15.0. The van der Waals surface area contributed by atoms with E-state index >= 15 is 0 Å². The molecule has 2 rings (SSSR count). The second kappa shape index (κ2) is 8.88. The number of hydrogen-bond acceptors (Lipinski definition) is 4. The molecule has 0 unspecified atom stereocenters. The molecule has 26 heavy (non-hydrogen) atoms. The number of carbonyl (C=O) groups is 1. The fraction of sp³-hybridized carbons (Fsp3) is 0.588. The van der Waals surface area contributed by atoms with Crippen molar-refractivity contribution >= 4 is 15.9 Å². The van der Waals surface area contributed by atoms with Gasteiger partial charge in [0.05, 0.1) is 18.8 Å². The standard InChI is InChI=1S/C17H25F2N3O3S/c1-12(15-7-6-13(18)9-16(15)19)21-17(23)11-22-8-4-3-5-14(22)10-20-26(2,24)25/h6-7,9,12,14,20H,3-5,8,10-11H2,1-2H3,(H,21,23)/t12-,14-/m0/s1. The highest BCUT2D eigenvalue weighted by molar-refractivity contribution is 7.88. The van der Waals surface area contributed by atoms with Crippen LogP contribution in [0.3, 0.4) is 0 Å². The lowest BCUT2D eigenvalue weighted by atomic mass is 10.0. The van der Waals surface area contributed by atoms with Crippen LogP contribution in [-0.4, -0.2) is 51.2 Å². The Hall–Kier alpha value is -1.58. The van der Waals surface area contributed by atoms with Gasteiger partial charge in [-0.3, -0.25) is 9.69 Å². The maximum atomic E-state index is 13.8. The van der Waals surface area contributed by atoms with Gasteiger partial charge in [-0.25, -0.2) is 21.9 Å². The lowest BCUT2D eigenvalue weighted by Crippen LogP contribution is -2.50. The molecule has 146 valence electrons. The Bertz CT molecular complexity index is 743. The summed E-state index contributed by atoms with van der Waals surface area (Å²) in [4.78, 5) is 14.3. The number of piperidine rings is 1. The van der Waals surface area contributed by atoms with Crippen molar-refractivity contribution in [1.29, 1.82) is 0 Å². The summed E-state index contributed by atoms with van der Waals surface area (Å²) in [6.45, 7) is 2.69. The molecule has 0 spiro atoms. The van der Waals surface area contributed by atoms with Gasteiger partial charge in [0.1, 0.15) is 11.6 Å². The van der Waals surface area contributed by atoms with Crippen molar-refractivity contribution in [3.63, 3.8) is 0 Å². The number of rotatable bonds is 7. The highest BCUT2D eigenvalue weighted by Gasteiger charge is 2.25. The molecule has 0 bridgehead atoms. The average Bonchev–Trinajstić information content (AvgIpc) is 2.53.